The Bertz CT molecular complexity index is 255. The molecule has 98 valence electrons. The van der Waals surface area contributed by atoms with Gasteiger partial charge < -0.3 is 10.6 Å². The molecule has 0 aromatic rings. The van der Waals surface area contributed by atoms with E-state index < -0.39 is 0 Å². The maximum absolute atomic E-state index is 12.2. The highest BCUT2D eigenvalue weighted by molar-refractivity contribution is 5.82. The highest BCUT2D eigenvalue weighted by Gasteiger charge is 2.55. The molecule has 2 aliphatic rings. The monoisotopic (exact) mass is 238 g/mol. The van der Waals surface area contributed by atoms with Gasteiger partial charge in [-0.3, -0.25) is 4.79 Å². The fraction of sp³-hybridized carbons (Fsp3) is 0.929. The summed E-state index contributed by atoms with van der Waals surface area (Å²) in [6, 6.07) is 0. The largest absolute Gasteiger partial charge is 0.346 e. The zero-order valence-corrected chi connectivity index (χ0v) is 11.0. The number of nitrogens with two attached hydrogens (primary N) is 1. The van der Waals surface area contributed by atoms with Gasteiger partial charge in [-0.05, 0) is 44.1 Å². The molecular formula is C14H26N2O. The van der Waals surface area contributed by atoms with Crippen molar-refractivity contribution in [2.45, 2.75) is 44.9 Å². The van der Waals surface area contributed by atoms with Gasteiger partial charge in [-0.15, -0.1) is 0 Å². The third-order valence-corrected chi connectivity index (χ3v) is 4.52. The SMILES string of the molecule is CN(CCCCCN)C(=O)C1C2CCCCC21. The number of hydrogen-bond acceptors (Lipinski definition) is 2. The molecule has 0 spiro atoms. The summed E-state index contributed by atoms with van der Waals surface area (Å²) < 4.78 is 0. The fourth-order valence-electron chi connectivity index (χ4n) is 3.39. The van der Waals surface area contributed by atoms with Gasteiger partial charge in [0.25, 0.3) is 0 Å². The molecule has 2 rings (SSSR count). The number of nitrogens with zero attached hydrogens (tertiary/aromatic N) is 1. The second kappa shape index (κ2) is 5.85. The lowest BCUT2D eigenvalue weighted by molar-refractivity contribution is -0.131. The number of unbranched alkanes of at least 4 members (excludes halogenated alkanes) is 2. The summed E-state index contributed by atoms with van der Waals surface area (Å²) in [4.78, 5) is 14.2. The van der Waals surface area contributed by atoms with Crippen molar-refractivity contribution >= 4 is 5.91 Å². The van der Waals surface area contributed by atoms with Crippen LogP contribution in [0.1, 0.15) is 44.9 Å². The molecule has 17 heavy (non-hydrogen) atoms. The summed E-state index contributed by atoms with van der Waals surface area (Å²) in [5.74, 6) is 2.28. The predicted molar refractivity (Wildman–Crippen MR) is 69.5 cm³/mol. The zero-order valence-electron chi connectivity index (χ0n) is 11.0. The number of fused-ring (bicyclic) bond motifs is 1. The number of hydrogen-bond donors (Lipinski definition) is 1. The Labute approximate surface area is 105 Å². The molecule has 1 amide bonds. The normalized spacial score (nSPS) is 30.8. The molecule has 2 unspecified atom stereocenters. The van der Waals surface area contributed by atoms with Gasteiger partial charge in [0, 0.05) is 19.5 Å². The molecular weight excluding hydrogens is 212 g/mol. The summed E-state index contributed by atoms with van der Waals surface area (Å²) in [6.45, 7) is 1.68. The maximum atomic E-state index is 12.2. The van der Waals surface area contributed by atoms with Gasteiger partial charge in [0.2, 0.25) is 5.91 Å². The van der Waals surface area contributed by atoms with Crippen LogP contribution in [0.25, 0.3) is 0 Å². The quantitative estimate of drug-likeness (QED) is 0.720. The number of rotatable bonds is 6. The van der Waals surface area contributed by atoms with Crippen LogP contribution in [0.4, 0.5) is 0 Å². The molecule has 0 saturated heterocycles. The predicted octanol–water partition coefficient (Wildman–Crippen LogP) is 2.01. The van der Waals surface area contributed by atoms with Crippen molar-refractivity contribution in [3.8, 4) is 0 Å². The molecule has 2 N–H and O–H groups in total. The summed E-state index contributed by atoms with van der Waals surface area (Å²) in [5, 5.41) is 0. The number of carbonyl (C=O) groups excluding carboxylic acids is 1. The van der Waals surface area contributed by atoms with Gasteiger partial charge in [-0.1, -0.05) is 19.3 Å². The standard InChI is InChI=1S/C14H26N2O/c1-16(10-6-2-5-9-15)14(17)13-11-7-3-4-8-12(11)13/h11-13H,2-10,15H2,1H3. The average molecular weight is 238 g/mol. The van der Waals surface area contributed by atoms with Crippen molar-refractivity contribution in [1.29, 1.82) is 0 Å². The Hall–Kier alpha value is -0.570. The van der Waals surface area contributed by atoms with Gasteiger partial charge in [-0.2, -0.15) is 0 Å². The second-order valence-electron chi connectivity index (χ2n) is 5.75. The molecule has 3 heteroatoms. The van der Waals surface area contributed by atoms with Crippen LogP contribution in [-0.4, -0.2) is 30.9 Å². The molecule has 2 saturated carbocycles. The Kier molecular flexibility index (Phi) is 4.43. The maximum Gasteiger partial charge on any atom is 0.226 e. The lowest BCUT2D eigenvalue weighted by Gasteiger charge is -2.17. The minimum atomic E-state index is 0.386. The van der Waals surface area contributed by atoms with Crippen LogP contribution in [0.15, 0.2) is 0 Å². The Balaban J connectivity index is 1.69. The van der Waals surface area contributed by atoms with E-state index in [1.54, 1.807) is 0 Å². The highest BCUT2D eigenvalue weighted by Crippen LogP contribution is 2.55. The van der Waals surface area contributed by atoms with E-state index in [9.17, 15) is 4.79 Å². The van der Waals surface area contributed by atoms with Crippen LogP contribution in [-0.2, 0) is 4.79 Å². The molecule has 0 heterocycles. The van der Waals surface area contributed by atoms with E-state index in [2.05, 4.69) is 0 Å². The summed E-state index contributed by atoms with van der Waals surface area (Å²) in [7, 11) is 1.97. The Morgan fingerprint density at radius 2 is 1.82 bits per heavy atom. The smallest absolute Gasteiger partial charge is 0.226 e. The first-order valence-electron chi connectivity index (χ1n) is 7.20. The van der Waals surface area contributed by atoms with Crippen molar-refractivity contribution in [2.75, 3.05) is 20.1 Å². The minimum Gasteiger partial charge on any atom is -0.346 e. The molecule has 0 aromatic heterocycles. The highest BCUT2D eigenvalue weighted by atomic mass is 16.2. The van der Waals surface area contributed by atoms with E-state index in [0.29, 0.717) is 11.8 Å². The first kappa shape index (κ1) is 12.9. The molecule has 0 radical (unpaired) electrons. The van der Waals surface area contributed by atoms with Crippen molar-refractivity contribution in [2.24, 2.45) is 23.5 Å². The lowest BCUT2D eigenvalue weighted by Crippen LogP contribution is -2.30. The van der Waals surface area contributed by atoms with Gasteiger partial charge in [0.05, 0.1) is 0 Å². The van der Waals surface area contributed by atoms with Gasteiger partial charge in [-0.25, -0.2) is 0 Å². The van der Waals surface area contributed by atoms with E-state index >= 15 is 0 Å². The van der Waals surface area contributed by atoms with E-state index in [0.717, 1.165) is 44.2 Å². The first-order chi connectivity index (χ1) is 8.25. The van der Waals surface area contributed by atoms with Crippen LogP contribution in [0.3, 0.4) is 0 Å². The molecule has 2 fully saturated rings. The van der Waals surface area contributed by atoms with E-state index in [1.807, 2.05) is 11.9 Å². The van der Waals surface area contributed by atoms with Crippen molar-refractivity contribution < 1.29 is 4.79 Å². The molecule has 0 bridgehead atoms. The van der Waals surface area contributed by atoms with Crippen molar-refractivity contribution in [3.05, 3.63) is 0 Å². The van der Waals surface area contributed by atoms with Gasteiger partial charge in [0.15, 0.2) is 0 Å². The second-order valence-corrected chi connectivity index (χ2v) is 5.75. The Morgan fingerprint density at radius 3 is 2.41 bits per heavy atom. The molecule has 0 aromatic carbocycles. The average Bonchev–Trinajstić information content (AvgIpc) is 3.07. The third kappa shape index (κ3) is 3.01. The van der Waals surface area contributed by atoms with E-state index in [1.165, 1.54) is 25.7 Å². The topological polar surface area (TPSA) is 46.3 Å². The third-order valence-electron chi connectivity index (χ3n) is 4.52. The van der Waals surface area contributed by atoms with Crippen LogP contribution in [0, 0.1) is 17.8 Å². The molecule has 0 aliphatic heterocycles. The Morgan fingerprint density at radius 1 is 1.18 bits per heavy atom. The number of amides is 1. The van der Waals surface area contributed by atoms with Crippen molar-refractivity contribution in [1.82, 2.24) is 4.90 Å². The summed E-state index contributed by atoms with van der Waals surface area (Å²) in [6.07, 6.45) is 8.59. The first-order valence-corrected chi connectivity index (χ1v) is 7.20. The molecule has 3 nitrogen and oxygen atoms in total. The van der Waals surface area contributed by atoms with Gasteiger partial charge >= 0.3 is 0 Å². The number of carbonyl (C=O) groups is 1. The van der Waals surface area contributed by atoms with E-state index in [4.69, 9.17) is 5.73 Å². The summed E-state index contributed by atoms with van der Waals surface area (Å²) >= 11 is 0. The summed E-state index contributed by atoms with van der Waals surface area (Å²) in [5.41, 5.74) is 5.46. The zero-order chi connectivity index (χ0) is 12.3. The van der Waals surface area contributed by atoms with Gasteiger partial charge in [0.1, 0.15) is 0 Å². The van der Waals surface area contributed by atoms with Crippen LogP contribution < -0.4 is 5.73 Å². The van der Waals surface area contributed by atoms with Crippen LogP contribution >= 0.6 is 0 Å². The minimum absolute atomic E-state index is 0.386. The fourth-order valence-corrected chi connectivity index (χ4v) is 3.39. The lowest BCUT2D eigenvalue weighted by atomic mass is 10.0. The molecule has 2 atom stereocenters. The van der Waals surface area contributed by atoms with Crippen LogP contribution in [0.2, 0.25) is 0 Å². The van der Waals surface area contributed by atoms with Crippen LogP contribution in [0.5, 0.6) is 0 Å². The van der Waals surface area contributed by atoms with E-state index in [-0.39, 0.29) is 0 Å². The molecule has 2 aliphatic carbocycles. The van der Waals surface area contributed by atoms with Crippen molar-refractivity contribution in [3.63, 3.8) is 0 Å².